The molecule has 0 saturated heterocycles. The van der Waals surface area contributed by atoms with Gasteiger partial charge in [0.2, 0.25) is 0 Å². The van der Waals surface area contributed by atoms with Crippen LogP contribution < -0.4 is 0 Å². The Morgan fingerprint density at radius 3 is 1.92 bits per heavy atom. The molecule has 0 radical (unpaired) electrons. The van der Waals surface area contributed by atoms with Crippen molar-refractivity contribution < 1.29 is 4.42 Å². The van der Waals surface area contributed by atoms with E-state index in [1.165, 1.54) is 32.3 Å². The monoisotopic (exact) mass is 624 g/mol. The Kier molecular flexibility index (Phi) is 6.18. The Morgan fingerprint density at radius 2 is 1.02 bits per heavy atom. The molecule has 3 nitrogen and oxygen atoms in total. The van der Waals surface area contributed by atoms with Crippen molar-refractivity contribution in [2.24, 2.45) is 0 Å². The van der Waals surface area contributed by atoms with Gasteiger partial charge in [-0.3, -0.25) is 0 Å². The summed E-state index contributed by atoms with van der Waals surface area (Å²) in [6.45, 7) is 0. The van der Waals surface area contributed by atoms with Crippen molar-refractivity contribution in [3.63, 3.8) is 0 Å². The van der Waals surface area contributed by atoms with Crippen LogP contribution in [0.25, 0.3) is 99.3 Å². The quantitative estimate of drug-likeness (QED) is 0.144. The first-order valence-corrected chi connectivity index (χ1v) is 16.6. The minimum Gasteiger partial charge on any atom is -0.456 e. The summed E-state index contributed by atoms with van der Waals surface area (Å²) >= 11 is 0. The van der Waals surface area contributed by atoms with Crippen LogP contribution in [0.1, 0.15) is 0 Å². The zero-order valence-corrected chi connectivity index (χ0v) is 26.5. The minimum absolute atomic E-state index is 0.697. The molecule has 0 N–H and O–H groups in total. The second-order valence-corrected chi connectivity index (χ2v) is 12.5. The lowest BCUT2D eigenvalue weighted by Crippen LogP contribution is -1.97. The third kappa shape index (κ3) is 4.51. The first-order valence-electron chi connectivity index (χ1n) is 16.6. The van der Waals surface area contributed by atoms with E-state index < -0.39 is 0 Å². The molecule has 0 spiro atoms. The fraction of sp³-hybridized carbons (Fsp3) is 0. The molecule has 228 valence electrons. The van der Waals surface area contributed by atoms with Crippen LogP contribution in [-0.4, -0.2) is 9.97 Å². The first-order chi connectivity index (χ1) is 24.3. The lowest BCUT2D eigenvalue weighted by atomic mass is 9.90. The number of para-hydroxylation sites is 1. The maximum absolute atomic E-state index is 6.24. The largest absolute Gasteiger partial charge is 0.456 e. The topological polar surface area (TPSA) is 38.9 Å². The summed E-state index contributed by atoms with van der Waals surface area (Å²) in [5.74, 6) is 0.697. The first kappa shape index (κ1) is 27.5. The smallest absolute Gasteiger partial charge is 0.160 e. The summed E-state index contributed by atoms with van der Waals surface area (Å²) in [5, 5.41) is 9.40. The van der Waals surface area contributed by atoms with Crippen LogP contribution in [0.4, 0.5) is 0 Å². The predicted octanol–water partition coefficient (Wildman–Crippen LogP) is 12.5. The van der Waals surface area contributed by atoms with Crippen LogP contribution in [-0.2, 0) is 0 Å². The number of hydrogen-bond donors (Lipinski definition) is 0. The van der Waals surface area contributed by atoms with E-state index in [0.29, 0.717) is 5.82 Å². The van der Waals surface area contributed by atoms with E-state index in [9.17, 15) is 0 Å². The van der Waals surface area contributed by atoms with Crippen LogP contribution in [0.5, 0.6) is 0 Å². The molecule has 3 heteroatoms. The van der Waals surface area contributed by atoms with Gasteiger partial charge in [0.1, 0.15) is 11.2 Å². The molecule has 2 aromatic heterocycles. The van der Waals surface area contributed by atoms with Crippen molar-refractivity contribution in [1.82, 2.24) is 9.97 Å². The molecule has 0 unspecified atom stereocenters. The van der Waals surface area contributed by atoms with E-state index in [2.05, 4.69) is 133 Å². The number of rotatable bonds is 4. The van der Waals surface area contributed by atoms with E-state index in [1.54, 1.807) is 0 Å². The van der Waals surface area contributed by atoms with Crippen LogP contribution in [0.2, 0.25) is 0 Å². The third-order valence-corrected chi connectivity index (χ3v) is 9.64. The van der Waals surface area contributed by atoms with Gasteiger partial charge in [0.25, 0.3) is 0 Å². The van der Waals surface area contributed by atoms with E-state index in [-0.39, 0.29) is 0 Å². The Bertz CT molecular complexity index is 2890. The van der Waals surface area contributed by atoms with E-state index in [4.69, 9.17) is 14.4 Å². The predicted molar refractivity (Wildman–Crippen MR) is 204 cm³/mol. The highest BCUT2D eigenvalue weighted by Crippen LogP contribution is 2.42. The van der Waals surface area contributed by atoms with Gasteiger partial charge in [0.05, 0.1) is 11.4 Å². The van der Waals surface area contributed by atoms with Crippen molar-refractivity contribution in [2.45, 2.75) is 0 Å². The number of fused-ring (bicyclic) bond motifs is 7. The Balaban J connectivity index is 1.25. The van der Waals surface area contributed by atoms with Crippen molar-refractivity contribution >= 4 is 54.3 Å². The molecule has 0 atom stereocenters. The average Bonchev–Trinajstić information content (AvgIpc) is 3.56. The third-order valence-electron chi connectivity index (χ3n) is 9.64. The highest BCUT2D eigenvalue weighted by molar-refractivity contribution is 6.21. The lowest BCUT2D eigenvalue weighted by Gasteiger charge is -2.16. The van der Waals surface area contributed by atoms with Gasteiger partial charge in [-0.2, -0.15) is 0 Å². The minimum atomic E-state index is 0.697. The Hall–Kier alpha value is -6.58. The molecule has 2 heterocycles. The molecule has 0 amide bonds. The normalized spacial score (nSPS) is 11.7. The van der Waals surface area contributed by atoms with E-state index in [1.807, 2.05) is 36.4 Å². The van der Waals surface area contributed by atoms with Crippen molar-refractivity contribution in [3.05, 3.63) is 170 Å². The van der Waals surface area contributed by atoms with Gasteiger partial charge in [-0.05, 0) is 73.8 Å². The Labute approximate surface area is 282 Å². The zero-order chi connectivity index (χ0) is 32.3. The summed E-state index contributed by atoms with van der Waals surface area (Å²) in [6, 6.07) is 59.7. The van der Waals surface area contributed by atoms with Crippen molar-refractivity contribution in [1.29, 1.82) is 0 Å². The highest BCUT2D eigenvalue weighted by atomic mass is 16.3. The fourth-order valence-electron chi connectivity index (χ4n) is 7.41. The summed E-state index contributed by atoms with van der Waals surface area (Å²) < 4.78 is 6.24. The van der Waals surface area contributed by atoms with Crippen molar-refractivity contribution in [3.8, 4) is 45.0 Å². The molecular formula is C46H28N2O. The lowest BCUT2D eigenvalue weighted by molar-refractivity contribution is 0.669. The average molecular weight is 625 g/mol. The zero-order valence-electron chi connectivity index (χ0n) is 26.5. The second-order valence-electron chi connectivity index (χ2n) is 12.5. The number of nitrogens with zero attached hydrogens (tertiary/aromatic N) is 2. The van der Waals surface area contributed by atoms with Gasteiger partial charge in [-0.25, -0.2) is 9.97 Å². The summed E-state index contributed by atoms with van der Waals surface area (Å²) in [6.07, 6.45) is 0. The molecular weight excluding hydrogens is 597 g/mol. The molecule has 49 heavy (non-hydrogen) atoms. The molecule has 10 rings (SSSR count). The molecule has 10 aromatic rings. The number of aromatic nitrogens is 2. The summed E-state index contributed by atoms with van der Waals surface area (Å²) in [4.78, 5) is 10.6. The fourth-order valence-corrected chi connectivity index (χ4v) is 7.41. The SMILES string of the molecule is c1ccc(-c2nc(-c3cccc(-c4cccc5oc6ccccc6c45)c3)cc(-c3c4ccccc4cc4ccc5ccccc5c34)n2)cc1. The van der Waals surface area contributed by atoms with Crippen LogP contribution in [0.3, 0.4) is 0 Å². The molecule has 0 aliphatic heterocycles. The van der Waals surface area contributed by atoms with Crippen LogP contribution in [0, 0.1) is 0 Å². The Morgan fingerprint density at radius 1 is 0.367 bits per heavy atom. The van der Waals surface area contributed by atoms with Gasteiger partial charge in [0, 0.05) is 27.5 Å². The van der Waals surface area contributed by atoms with Crippen molar-refractivity contribution in [2.75, 3.05) is 0 Å². The number of furan rings is 1. The van der Waals surface area contributed by atoms with E-state index in [0.717, 1.165) is 61.1 Å². The van der Waals surface area contributed by atoms with E-state index >= 15 is 0 Å². The summed E-state index contributed by atoms with van der Waals surface area (Å²) in [7, 11) is 0. The van der Waals surface area contributed by atoms with Gasteiger partial charge in [-0.15, -0.1) is 0 Å². The molecule has 0 bridgehead atoms. The van der Waals surface area contributed by atoms with Gasteiger partial charge >= 0.3 is 0 Å². The number of benzene rings is 8. The maximum atomic E-state index is 6.24. The second kappa shape index (κ2) is 11.0. The molecule has 8 aromatic carbocycles. The van der Waals surface area contributed by atoms with Gasteiger partial charge in [-0.1, -0.05) is 140 Å². The van der Waals surface area contributed by atoms with Gasteiger partial charge < -0.3 is 4.42 Å². The molecule has 0 saturated carbocycles. The molecule has 0 fully saturated rings. The highest BCUT2D eigenvalue weighted by Gasteiger charge is 2.18. The maximum Gasteiger partial charge on any atom is 0.160 e. The summed E-state index contributed by atoms with van der Waals surface area (Å²) in [5.41, 5.74) is 8.91. The molecule has 0 aliphatic carbocycles. The standard InChI is InChI=1S/C46H28N2O/c1-2-13-30(14-3-1)46-47-39(33-17-10-16-32(26-33)36-21-11-23-42-44(36)38-20-8-9-22-41(38)49-42)28-40(48-46)45-37-19-7-5-15-31(37)27-34-25-24-29-12-4-6-18-35(29)43(34)45/h1-28H. The van der Waals surface area contributed by atoms with Crippen LogP contribution >= 0.6 is 0 Å². The number of hydrogen-bond acceptors (Lipinski definition) is 3. The van der Waals surface area contributed by atoms with Crippen LogP contribution in [0.15, 0.2) is 174 Å². The molecule has 0 aliphatic rings. The van der Waals surface area contributed by atoms with Gasteiger partial charge in [0.15, 0.2) is 5.82 Å².